The first kappa shape index (κ1) is 14.7. The molecule has 0 spiro atoms. The molecule has 0 radical (unpaired) electrons. The topological polar surface area (TPSA) is 61.4 Å². The maximum absolute atomic E-state index is 12.3. The van der Waals surface area contributed by atoms with E-state index in [-0.39, 0.29) is 11.8 Å². The number of carbonyl (C=O) groups is 2. The molecular weight excluding hydrogens is 262 g/mol. The molecule has 108 valence electrons. The molecule has 0 unspecified atom stereocenters. The number of piperidine rings is 1. The maximum atomic E-state index is 12.3. The lowest BCUT2D eigenvalue weighted by molar-refractivity contribution is -0.147. The Hall–Kier alpha value is -0.750. The molecule has 19 heavy (non-hydrogen) atoms. The fraction of sp³-hybridized carbons (Fsp3) is 0.846. The van der Waals surface area contributed by atoms with Crippen molar-refractivity contribution in [1.29, 1.82) is 0 Å². The van der Waals surface area contributed by atoms with E-state index in [4.69, 9.17) is 0 Å². The van der Waals surface area contributed by atoms with Crippen LogP contribution in [0.2, 0.25) is 0 Å². The summed E-state index contributed by atoms with van der Waals surface area (Å²) in [6.45, 7) is 6.90. The molecule has 0 atom stereocenters. The summed E-state index contributed by atoms with van der Waals surface area (Å²) in [5, 5.41) is 6.71. The largest absolute Gasteiger partial charge is 0.352 e. The highest BCUT2D eigenvalue weighted by molar-refractivity contribution is 8.00. The van der Waals surface area contributed by atoms with Crippen LogP contribution in [0, 0.1) is 0 Å². The number of carbonyl (C=O) groups excluding carboxylic acids is 2. The number of nitrogens with one attached hydrogen (secondary N) is 2. The van der Waals surface area contributed by atoms with Gasteiger partial charge < -0.3 is 15.5 Å². The molecule has 2 fully saturated rings. The summed E-state index contributed by atoms with van der Waals surface area (Å²) in [6, 6.07) is 0. The van der Waals surface area contributed by atoms with Crippen molar-refractivity contribution in [2.45, 2.75) is 37.5 Å². The highest BCUT2D eigenvalue weighted by Gasteiger charge is 2.40. The zero-order valence-corrected chi connectivity index (χ0v) is 12.5. The van der Waals surface area contributed by atoms with Crippen LogP contribution < -0.4 is 10.6 Å². The highest BCUT2D eigenvalue weighted by atomic mass is 32.2. The normalized spacial score (nSPS) is 24.1. The van der Waals surface area contributed by atoms with E-state index in [1.54, 1.807) is 16.7 Å². The Labute approximate surface area is 118 Å². The summed E-state index contributed by atoms with van der Waals surface area (Å²) < 4.78 is 0. The van der Waals surface area contributed by atoms with Crippen LogP contribution in [0.3, 0.4) is 0 Å². The van der Waals surface area contributed by atoms with Crippen LogP contribution in [0.4, 0.5) is 0 Å². The molecule has 0 aromatic carbocycles. The van der Waals surface area contributed by atoms with Crippen molar-refractivity contribution in [3.8, 4) is 0 Å². The zero-order valence-electron chi connectivity index (χ0n) is 11.7. The Morgan fingerprint density at radius 2 is 2.05 bits per heavy atom. The first-order valence-electron chi connectivity index (χ1n) is 6.93. The number of rotatable bonds is 3. The van der Waals surface area contributed by atoms with Gasteiger partial charge in [-0.2, -0.15) is 0 Å². The molecule has 0 saturated carbocycles. The van der Waals surface area contributed by atoms with Crippen LogP contribution in [-0.4, -0.2) is 59.4 Å². The molecule has 2 heterocycles. The zero-order chi connectivity index (χ0) is 13.9. The second-order valence-electron chi connectivity index (χ2n) is 5.62. The summed E-state index contributed by atoms with van der Waals surface area (Å²) >= 11 is 1.74. The Morgan fingerprint density at radius 1 is 1.37 bits per heavy atom. The number of piperazine rings is 1. The van der Waals surface area contributed by atoms with Gasteiger partial charge >= 0.3 is 0 Å². The average Bonchev–Trinajstić information content (AvgIpc) is 2.40. The monoisotopic (exact) mass is 285 g/mol. The molecule has 2 saturated heterocycles. The SMILES string of the molecule is CC1(C)C(=O)NCCN1C(=O)CSC1CCNCC1. The van der Waals surface area contributed by atoms with Crippen LogP contribution in [0.15, 0.2) is 0 Å². The van der Waals surface area contributed by atoms with Crippen molar-refractivity contribution >= 4 is 23.6 Å². The summed E-state index contributed by atoms with van der Waals surface area (Å²) in [7, 11) is 0. The van der Waals surface area contributed by atoms with E-state index in [0.717, 1.165) is 25.9 Å². The summed E-state index contributed by atoms with van der Waals surface area (Å²) in [6.07, 6.45) is 2.25. The van der Waals surface area contributed by atoms with Crippen molar-refractivity contribution in [3.05, 3.63) is 0 Å². The predicted molar refractivity (Wildman–Crippen MR) is 77.2 cm³/mol. The third-order valence-electron chi connectivity index (χ3n) is 3.88. The standard InChI is InChI=1S/C13H23N3O2S/c1-13(2)12(18)15-7-8-16(13)11(17)9-19-10-3-5-14-6-4-10/h10,14H,3-9H2,1-2H3,(H,15,18). The molecule has 0 aromatic rings. The number of nitrogens with zero attached hydrogens (tertiary/aromatic N) is 1. The van der Waals surface area contributed by atoms with Crippen LogP contribution in [0.25, 0.3) is 0 Å². The molecule has 2 N–H and O–H groups in total. The Balaban J connectivity index is 1.86. The lowest BCUT2D eigenvalue weighted by atomic mass is 9.99. The van der Waals surface area contributed by atoms with Crippen LogP contribution in [0.5, 0.6) is 0 Å². The van der Waals surface area contributed by atoms with Crippen molar-refractivity contribution in [2.24, 2.45) is 0 Å². The Kier molecular flexibility index (Phi) is 4.73. The van der Waals surface area contributed by atoms with Crippen molar-refractivity contribution in [2.75, 3.05) is 31.9 Å². The summed E-state index contributed by atoms with van der Waals surface area (Å²) in [5.74, 6) is 0.517. The van der Waals surface area contributed by atoms with Gasteiger partial charge in [-0.15, -0.1) is 11.8 Å². The van der Waals surface area contributed by atoms with Gasteiger partial charge in [0.25, 0.3) is 0 Å². The summed E-state index contributed by atoms with van der Waals surface area (Å²) in [5.41, 5.74) is -0.718. The number of amides is 2. The molecule has 2 aliphatic heterocycles. The van der Waals surface area contributed by atoms with Gasteiger partial charge in [-0.05, 0) is 39.8 Å². The van der Waals surface area contributed by atoms with Gasteiger partial charge in [0, 0.05) is 18.3 Å². The second-order valence-corrected chi connectivity index (χ2v) is 6.91. The molecule has 2 rings (SSSR count). The van der Waals surface area contributed by atoms with E-state index < -0.39 is 5.54 Å². The number of hydrogen-bond donors (Lipinski definition) is 2. The van der Waals surface area contributed by atoms with Gasteiger partial charge in [0.1, 0.15) is 5.54 Å². The van der Waals surface area contributed by atoms with Gasteiger partial charge in [-0.25, -0.2) is 0 Å². The van der Waals surface area contributed by atoms with E-state index in [9.17, 15) is 9.59 Å². The van der Waals surface area contributed by atoms with Crippen molar-refractivity contribution < 1.29 is 9.59 Å². The third-order valence-corrected chi connectivity index (χ3v) is 5.24. The minimum absolute atomic E-state index is 0.0565. The number of hydrogen-bond acceptors (Lipinski definition) is 4. The molecule has 2 amide bonds. The average molecular weight is 285 g/mol. The van der Waals surface area contributed by atoms with Gasteiger partial charge in [-0.1, -0.05) is 0 Å². The molecular formula is C13H23N3O2S. The van der Waals surface area contributed by atoms with E-state index in [2.05, 4.69) is 10.6 Å². The van der Waals surface area contributed by atoms with Crippen molar-refractivity contribution in [1.82, 2.24) is 15.5 Å². The van der Waals surface area contributed by atoms with Gasteiger partial charge in [0.05, 0.1) is 5.75 Å². The van der Waals surface area contributed by atoms with E-state index in [0.29, 0.717) is 24.1 Å². The molecule has 5 nitrogen and oxygen atoms in total. The lowest BCUT2D eigenvalue weighted by Gasteiger charge is -2.41. The predicted octanol–water partition coefficient (Wildman–Crippen LogP) is 0.209. The van der Waals surface area contributed by atoms with Crippen molar-refractivity contribution in [3.63, 3.8) is 0 Å². The van der Waals surface area contributed by atoms with Gasteiger partial charge in [-0.3, -0.25) is 9.59 Å². The Bertz CT molecular complexity index is 354. The molecule has 6 heteroatoms. The minimum Gasteiger partial charge on any atom is -0.352 e. The van der Waals surface area contributed by atoms with Gasteiger partial charge in [0.15, 0.2) is 0 Å². The smallest absolute Gasteiger partial charge is 0.245 e. The molecule has 2 aliphatic rings. The second kappa shape index (κ2) is 6.13. The molecule has 0 aromatic heterocycles. The lowest BCUT2D eigenvalue weighted by Crippen LogP contribution is -2.63. The Morgan fingerprint density at radius 3 is 2.74 bits per heavy atom. The minimum atomic E-state index is -0.718. The number of thioether (sulfide) groups is 1. The fourth-order valence-corrected chi connectivity index (χ4v) is 3.67. The van der Waals surface area contributed by atoms with E-state index in [1.807, 2.05) is 13.8 Å². The van der Waals surface area contributed by atoms with Crippen LogP contribution in [0.1, 0.15) is 26.7 Å². The third kappa shape index (κ3) is 3.42. The molecule has 0 aliphatic carbocycles. The fourth-order valence-electron chi connectivity index (χ4n) is 2.57. The summed E-state index contributed by atoms with van der Waals surface area (Å²) in [4.78, 5) is 25.9. The quantitative estimate of drug-likeness (QED) is 0.778. The first-order chi connectivity index (χ1) is 9.01. The highest BCUT2D eigenvalue weighted by Crippen LogP contribution is 2.23. The first-order valence-corrected chi connectivity index (χ1v) is 7.98. The van der Waals surface area contributed by atoms with Crippen LogP contribution >= 0.6 is 11.8 Å². The maximum Gasteiger partial charge on any atom is 0.245 e. The van der Waals surface area contributed by atoms with Crippen LogP contribution in [-0.2, 0) is 9.59 Å². The molecule has 0 bridgehead atoms. The van der Waals surface area contributed by atoms with E-state index >= 15 is 0 Å². The van der Waals surface area contributed by atoms with E-state index in [1.165, 1.54) is 0 Å². The van der Waals surface area contributed by atoms with Gasteiger partial charge in [0.2, 0.25) is 11.8 Å².